The van der Waals surface area contributed by atoms with E-state index in [9.17, 15) is 4.79 Å². The lowest BCUT2D eigenvalue weighted by Crippen LogP contribution is -2.48. The van der Waals surface area contributed by atoms with E-state index in [0.29, 0.717) is 5.92 Å². The molecule has 6 rings (SSSR count). The standard InChI is InChI=1S/C25H28N4O2S/c1-15-21-16(2)26-23(18-4-5-18)27-24(21)32-22(15)25(30)29-10-8-28(9-11-29)14-17-3-6-20-19(13-17)7-12-31-20/h3,6,13,18H,4-5,7-12,14H2,1-2H3. The van der Waals surface area contributed by atoms with Crippen LogP contribution in [0.25, 0.3) is 10.2 Å². The van der Waals surface area contributed by atoms with Gasteiger partial charge in [-0.25, -0.2) is 9.97 Å². The molecule has 2 fully saturated rings. The molecule has 7 heteroatoms. The van der Waals surface area contributed by atoms with Gasteiger partial charge in [0, 0.05) is 50.4 Å². The molecule has 0 bridgehead atoms. The Morgan fingerprint density at radius 2 is 1.97 bits per heavy atom. The molecule has 0 unspecified atom stereocenters. The Kier molecular flexibility index (Phi) is 4.91. The molecule has 166 valence electrons. The summed E-state index contributed by atoms with van der Waals surface area (Å²) < 4.78 is 5.62. The Morgan fingerprint density at radius 1 is 1.16 bits per heavy atom. The summed E-state index contributed by atoms with van der Waals surface area (Å²) in [5.41, 5.74) is 4.70. The molecular weight excluding hydrogens is 420 g/mol. The second-order valence-electron chi connectivity index (χ2n) is 9.29. The number of piperazine rings is 1. The van der Waals surface area contributed by atoms with Crippen LogP contribution in [0.1, 0.15) is 56.6 Å². The van der Waals surface area contributed by atoms with Gasteiger partial charge >= 0.3 is 0 Å². The van der Waals surface area contributed by atoms with Gasteiger partial charge in [0.25, 0.3) is 5.91 Å². The van der Waals surface area contributed by atoms with E-state index in [2.05, 4.69) is 23.1 Å². The molecule has 1 saturated heterocycles. The first kappa shape index (κ1) is 20.1. The Hall–Kier alpha value is -2.51. The minimum absolute atomic E-state index is 0.146. The molecule has 4 heterocycles. The minimum Gasteiger partial charge on any atom is -0.493 e. The molecule has 0 spiro atoms. The van der Waals surface area contributed by atoms with Gasteiger partial charge in [-0.15, -0.1) is 11.3 Å². The number of benzene rings is 1. The number of amides is 1. The molecule has 2 aliphatic heterocycles. The van der Waals surface area contributed by atoms with Gasteiger partial charge < -0.3 is 9.64 Å². The van der Waals surface area contributed by atoms with Crippen LogP contribution in [-0.4, -0.2) is 58.5 Å². The minimum atomic E-state index is 0.146. The van der Waals surface area contributed by atoms with Crippen LogP contribution in [0.4, 0.5) is 0 Å². The smallest absolute Gasteiger partial charge is 0.264 e. The van der Waals surface area contributed by atoms with Crippen molar-refractivity contribution in [3.63, 3.8) is 0 Å². The highest BCUT2D eigenvalue weighted by Crippen LogP contribution is 2.40. The molecule has 6 nitrogen and oxygen atoms in total. The van der Waals surface area contributed by atoms with Crippen LogP contribution in [0.5, 0.6) is 5.75 Å². The van der Waals surface area contributed by atoms with E-state index in [1.807, 2.05) is 18.7 Å². The predicted octanol–water partition coefficient (Wildman–Crippen LogP) is 4.08. The lowest BCUT2D eigenvalue weighted by Gasteiger charge is -2.34. The van der Waals surface area contributed by atoms with Crippen molar-refractivity contribution in [1.29, 1.82) is 0 Å². The maximum Gasteiger partial charge on any atom is 0.264 e. The number of ether oxygens (including phenoxy) is 1. The Balaban J connectivity index is 1.15. The number of aromatic nitrogens is 2. The zero-order chi connectivity index (χ0) is 21.8. The number of fused-ring (bicyclic) bond motifs is 2. The first-order valence-electron chi connectivity index (χ1n) is 11.6. The van der Waals surface area contributed by atoms with Gasteiger partial charge in [0.05, 0.1) is 17.2 Å². The number of carbonyl (C=O) groups excluding carboxylic acids is 1. The number of thiophene rings is 1. The van der Waals surface area contributed by atoms with E-state index in [1.54, 1.807) is 11.3 Å². The molecule has 1 saturated carbocycles. The number of hydrogen-bond donors (Lipinski definition) is 0. The first-order chi connectivity index (χ1) is 15.6. The van der Waals surface area contributed by atoms with Crippen LogP contribution in [0, 0.1) is 13.8 Å². The van der Waals surface area contributed by atoms with Crippen LogP contribution < -0.4 is 4.74 Å². The third-order valence-corrected chi connectivity index (χ3v) is 8.12. The molecule has 0 radical (unpaired) electrons. The summed E-state index contributed by atoms with van der Waals surface area (Å²) >= 11 is 1.55. The van der Waals surface area contributed by atoms with Crippen LogP contribution in [0.15, 0.2) is 18.2 Å². The number of hydrogen-bond acceptors (Lipinski definition) is 6. The Bertz CT molecular complexity index is 1210. The van der Waals surface area contributed by atoms with E-state index < -0.39 is 0 Å². The van der Waals surface area contributed by atoms with Crippen LogP contribution in [0.2, 0.25) is 0 Å². The highest BCUT2D eigenvalue weighted by Gasteiger charge is 2.30. The fourth-order valence-electron chi connectivity index (χ4n) is 4.94. The summed E-state index contributed by atoms with van der Waals surface area (Å²) in [4.78, 5) is 29.2. The largest absolute Gasteiger partial charge is 0.493 e. The van der Waals surface area contributed by atoms with E-state index >= 15 is 0 Å². The van der Waals surface area contributed by atoms with Crippen molar-refractivity contribution in [1.82, 2.24) is 19.8 Å². The van der Waals surface area contributed by atoms with Crippen molar-refractivity contribution in [3.8, 4) is 5.75 Å². The average molecular weight is 449 g/mol. The van der Waals surface area contributed by atoms with Gasteiger partial charge in [-0.2, -0.15) is 0 Å². The quantitative estimate of drug-likeness (QED) is 0.602. The van der Waals surface area contributed by atoms with Gasteiger partial charge in [0.15, 0.2) is 0 Å². The predicted molar refractivity (Wildman–Crippen MR) is 126 cm³/mol. The molecule has 2 aromatic heterocycles. The zero-order valence-corrected chi connectivity index (χ0v) is 19.5. The zero-order valence-electron chi connectivity index (χ0n) is 18.7. The SMILES string of the molecule is Cc1nc(C2CC2)nc2sc(C(=O)N3CCN(Cc4ccc5c(c4)CCO5)CC3)c(C)c12. The summed E-state index contributed by atoms with van der Waals surface area (Å²) in [5.74, 6) is 2.66. The first-order valence-corrected chi connectivity index (χ1v) is 12.4. The van der Waals surface area contributed by atoms with Crippen molar-refractivity contribution in [2.24, 2.45) is 0 Å². The van der Waals surface area contributed by atoms with Crippen molar-refractivity contribution in [2.75, 3.05) is 32.8 Å². The molecule has 1 aromatic carbocycles. The highest BCUT2D eigenvalue weighted by atomic mass is 32.1. The fraction of sp³-hybridized carbons (Fsp3) is 0.480. The summed E-state index contributed by atoms with van der Waals surface area (Å²) in [6.45, 7) is 9.14. The summed E-state index contributed by atoms with van der Waals surface area (Å²) in [6.07, 6.45) is 3.38. The topological polar surface area (TPSA) is 58.6 Å². The highest BCUT2D eigenvalue weighted by molar-refractivity contribution is 7.20. The van der Waals surface area contributed by atoms with E-state index in [4.69, 9.17) is 14.7 Å². The van der Waals surface area contributed by atoms with Gasteiger partial charge in [-0.3, -0.25) is 9.69 Å². The van der Waals surface area contributed by atoms with Crippen molar-refractivity contribution < 1.29 is 9.53 Å². The third kappa shape index (κ3) is 3.57. The normalized spacial score (nSPS) is 18.8. The molecule has 32 heavy (non-hydrogen) atoms. The lowest BCUT2D eigenvalue weighted by atomic mass is 10.1. The molecule has 3 aliphatic rings. The molecular formula is C25H28N4O2S. The molecule has 0 atom stereocenters. The second-order valence-corrected chi connectivity index (χ2v) is 10.3. The van der Waals surface area contributed by atoms with Crippen LogP contribution in [0.3, 0.4) is 0 Å². The van der Waals surface area contributed by atoms with Crippen LogP contribution in [-0.2, 0) is 13.0 Å². The number of nitrogens with zero attached hydrogens (tertiary/aromatic N) is 4. The van der Waals surface area contributed by atoms with Crippen molar-refractivity contribution in [2.45, 2.75) is 45.6 Å². The number of aryl methyl sites for hydroxylation is 2. The average Bonchev–Trinajstić information content (AvgIpc) is 3.45. The van der Waals surface area contributed by atoms with Gasteiger partial charge in [0.1, 0.15) is 16.4 Å². The second kappa shape index (κ2) is 7.81. The summed E-state index contributed by atoms with van der Waals surface area (Å²) in [7, 11) is 0. The molecule has 1 aliphatic carbocycles. The Labute approximate surface area is 192 Å². The fourth-order valence-corrected chi connectivity index (χ4v) is 6.14. The molecule has 1 amide bonds. The molecule has 0 N–H and O–H groups in total. The maximum absolute atomic E-state index is 13.4. The summed E-state index contributed by atoms with van der Waals surface area (Å²) in [6, 6.07) is 6.54. The van der Waals surface area contributed by atoms with E-state index in [-0.39, 0.29) is 5.91 Å². The van der Waals surface area contributed by atoms with Gasteiger partial charge in [-0.05, 0) is 49.4 Å². The van der Waals surface area contributed by atoms with E-state index in [1.165, 1.54) is 24.0 Å². The maximum atomic E-state index is 13.4. The Morgan fingerprint density at radius 3 is 2.75 bits per heavy atom. The van der Waals surface area contributed by atoms with E-state index in [0.717, 1.165) is 83.7 Å². The number of rotatable bonds is 4. The van der Waals surface area contributed by atoms with Crippen molar-refractivity contribution >= 4 is 27.5 Å². The van der Waals surface area contributed by atoms with Gasteiger partial charge in [0.2, 0.25) is 0 Å². The lowest BCUT2D eigenvalue weighted by molar-refractivity contribution is 0.0632. The number of carbonyl (C=O) groups is 1. The monoisotopic (exact) mass is 448 g/mol. The molecule has 3 aromatic rings. The van der Waals surface area contributed by atoms with Crippen LogP contribution >= 0.6 is 11.3 Å². The van der Waals surface area contributed by atoms with Crippen molar-refractivity contribution in [3.05, 3.63) is 51.3 Å². The summed E-state index contributed by atoms with van der Waals surface area (Å²) in [5, 5.41) is 1.07. The van der Waals surface area contributed by atoms with Gasteiger partial charge in [-0.1, -0.05) is 12.1 Å². The third-order valence-electron chi connectivity index (χ3n) is 6.94.